The second-order valence-corrected chi connectivity index (χ2v) is 3.41. The Hall–Kier alpha value is -0.870. The van der Waals surface area contributed by atoms with E-state index in [1.807, 2.05) is 0 Å². The van der Waals surface area contributed by atoms with E-state index in [-0.39, 0.29) is 0 Å². The van der Waals surface area contributed by atoms with Crippen molar-refractivity contribution < 1.29 is 9.63 Å². The zero-order valence-electron chi connectivity index (χ0n) is 7.37. The molecule has 1 heterocycles. The topological polar surface area (TPSA) is 58.3 Å². The second kappa shape index (κ2) is 3.69. The van der Waals surface area contributed by atoms with E-state index in [1.165, 1.54) is 6.26 Å². The maximum atomic E-state index is 9.34. The molecule has 0 radical (unpaired) electrons. The summed E-state index contributed by atoms with van der Waals surface area (Å²) in [6.45, 7) is 4.67. The van der Waals surface area contributed by atoms with Crippen LogP contribution in [0.25, 0.3) is 0 Å². The van der Waals surface area contributed by atoms with E-state index in [9.17, 15) is 5.11 Å². The summed E-state index contributed by atoms with van der Waals surface area (Å²) < 4.78 is 4.64. The van der Waals surface area contributed by atoms with Gasteiger partial charge < -0.3 is 14.9 Å². The highest BCUT2D eigenvalue weighted by Crippen LogP contribution is 1.99. The third kappa shape index (κ3) is 3.50. The Morgan fingerprint density at radius 3 is 2.92 bits per heavy atom. The molecule has 1 aromatic rings. The van der Waals surface area contributed by atoms with Crippen molar-refractivity contribution in [3.63, 3.8) is 0 Å². The molecular weight excluding hydrogens is 156 g/mol. The molecule has 0 saturated carbocycles. The third-order valence-corrected chi connectivity index (χ3v) is 1.35. The molecule has 0 aromatic carbocycles. The van der Waals surface area contributed by atoms with Crippen molar-refractivity contribution in [3.8, 4) is 0 Å². The van der Waals surface area contributed by atoms with Crippen molar-refractivity contribution in [2.24, 2.45) is 0 Å². The van der Waals surface area contributed by atoms with Crippen molar-refractivity contribution >= 4 is 0 Å². The summed E-state index contributed by atoms with van der Waals surface area (Å²) in [5.41, 5.74) is 0.170. The molecule has 0 fully saturated rings. The average molecular weight is 170 g/mol. The van der Waals surface area contributed by atoms with Crippen LogP contribution in [-0.4, -0.2) is 22.4 Å². The van der Waals surface area contributed by atoms with Crippen LogP contribution < -0.4 is 5.32 Å². The minimum atomic E-state index is -0.677. The van der Waals surface area contributed by atoms with Gasteiger partial charge in [-0.05, 0) is 13.8 Å². The third-order valence-electron chi connectivity index (χ3n) is 1.35. The molecule has 0 unspecified atom stereocenters. The van der Waals surface area contributed by atoms with Gasteiger partial charge in [0.2, 0.25) is 0 Å². The van der Waals surface area contributed by atoms with Crippen molar-refractivity contribution in [1.29, 1.82) is 0 Å². The molecule has 0 aliphatic rings. The van der Waals surface area contributed by atoms with Gasteiger partial charge in [-0.25, -0.2) is 0 Å². The van der Waals surface area contributed by atoms with Crippen LogP contribution in [0.3, 0.4) is 0 Å². The van der Waals surface area contributed by atoms with Crippen molar-refractivity contribution in [2.75, 3.05) is 6.54 Å². The Morgan fingerprint density at radius 1 is 1.67 bits per heavy atom. The molecule has 12 heavy (non-hydrogen) atoms. The zero-order valence-corrected chi connectivity index (χ0v) is 7.37. The maximum Gasteiger partial charge on any atom is 0.124 e. The molecule has 0 atom stereocenters. The number of aliphatic hydroxyl groups is 1. The summed E-state index contributed by atoms with van der Waals surface area (Å²) in [6, 6.07) is 1.79. The van der Waals surface area contributed by atoms with Gasteiger partial charge in [0.25, 0.3) is 0 Å². The summed E-state index contributed by atoms with van der Waals surface area (Å²) in [4.78, 5) is 0. The van der Waals surface area contributed by atoms with E-state index >= 15 is 0 Å². The minimum Gasteiger partial charge on any atom is -0.389 e. The lowest BCUT2D eigenvalue weighted by Gasteiger charge is -2.16. The molecule has 1 aromatic heterocycles. The fraction of sp³-hybridized carbons (Fsp3) is 0.625. The first kappa shape index (κ1) is 9.22. The Kier molecular flexibility index (Phi) is 2.83. The highest BCUT2D eigenvalue weighted by Gasteiger charge is 2.11. The van der Waals surface area contributed by atoms with Crippen LogP contribution in [0.4, 0.5) is 0 Å². The fourth-order valence-electron chi connectivity index (χ4n) is 0.825. The number of nitrogens with one attached hydrogen (secondary N) is 1. The number of rotatable bonds is 4. The number of hydrogen-bond acceptors (Lipinski definition) is 4. The van der Waals surface area contributed by atoms with Crippen LogP contribution in [0.5, 0.6) is 0 Å². The van der Waals surface area contributed by atoms with E-state index < -0.39 is 5.60 Å². The standard InChI is InChI=1S/C8H14N2O2/c1-8(2,11)6-9-5-7-3-4-12-10-7/h3-4,9,11H,5-6H2,1-2H3. The van der Waals surface area contributed by atoms with Crippen LogP contribution in [0.15, 0.2) is 16.9 Å². The van der Waals surface area contributed by atoms with Gasteiger partial charge in [-0.3, -0.25) is 0 Å². The van der Waals surface area contributed by atoms with Crippen LogP contribution in [0, 0.1) is 0 Å². The normalized spacial score (nSPS) is 11.9. The van der Waals surface area contributed by atoms with E-state index in [2.05, 4.69) is 15.0 Å². The smallest absolute Gasteiger partial charge is 0.124 e. The van der Waals surface area contributed by atoms with Gasteiger partial charge in [-0.1, -0.05) is 5.16 Å². The molecule has 2 N–H and O–H groups in total. The molecule has 68 valence electrons. The molecule has 0 amide bonds. The summed E-state index contributed by atoms with van der Waals surface area (Å²) in [5.74, 6) is 0. The van der Waals surface area contributed by atoms with Gasteiger partial charge in [0, 0.05) is 19.2 Å². The average Bonchev–Trinajstić information content (AvgIpc) is 2.36. The van der Waals surface area contributed by atoms with E-state index in [4.69, 9.17) is 0 Å². The molecule has 0 saturated heterocycles. The molecule has 1 rings (SSSR count). The number of nitrogens with zero attached hydrogens (tertiary/aromatic N) is 1. The summed E-state index contributed by atoms with van der Waals surface area (Å²) >= 11 is 0. The Bertz CT molecular complexity index is 213. The van der Waals surface area contributed by atoms with Gasteiger partial charge in [0.15, 0.2) is 0 Å². The molecule has 0 bridgehead atoms. The van der Waals surface area contributed by atoms with E-state index in [1.54, 1.807) is 19.9 Å². The Labute approximate surface area is 71.6 Å². The number of aromatic nitrogens is 1. The quantitative estimate of drug-likeness (QED) is 0.692. The lowest BCUT2D eigenvalue weighted by molar-refractivity contribution is 0.0793. The molecule has 0 spiro atoms. The van der Waals surface area contributed by atoms with Gasteiger partial charge in [-0.15, -0.1) is 0 Å². The van der Waals surface area contributed by atoms with Crippen LogP contribution in [0.2, 0.25) is 0 Å². The Balaban J connectivity index is 2.20. The predicted molar refractivity (Wildman–Crippen MR) is 44.5 cm³/mol. The monoisotopic (exact) mass is 170 g/mol. The Morgan fingerprint density at radius 2 is 2.42 bits per heavy atom. The lowest BCUT2D eigenvalue weighted by atomic mass is 10.1. The molecule has 0 aliphatic carbocycles. The second-order valence-electron chi connectivity index (χ2n) is 3.41. The first-order chi connectivity index (χ1) is 5.58. The first-order valence-corrected chi connectivity index (χ1v) is 3.90. The van der Waals surface area contributed by atoms with Crippen LogP contribution >= 0.6 is 0 Å². The number of hydrogen-bond donors (Lipinski definition) is 2. The summed E-state index contributed by atoms with van der Waals surface area (Å²) in [6.07, 6.45) is 1.53. The van der Waals surface area contributed by atoms with Gasteiger partial charge in [0.1, 0.15) is 6.26 Å². The highest BCUT2D eigenvalue weighted by atomic mass is 16.5. The van der Waals surface area contributed by atoms with E-state index in [0.29, 0.717) is 13.1 Å². The summed E-state index contributed by atoms with van der Waals surface area (Å²) in [5, 5.41) is 16.1. The summed E-state index contributed by atoms with van der Waals surface area (Å²) in [7, 11) is 0. The van der Waals surface area contributed by atoms with Crippen molar-refractivity contribution in [3.05, 3.63) is 18.0 Å². The molecule has 4 nitrogen and oxygen atoms in total. The highest BCUT2D eigenvalue weighted by molar-refractivity contribution is 4.94. The molecule has 4 heteroatoms. The van der Waals surface area contributed by atoms with Gasteiger partial charge in [0.05, 0.1) is 11.3 Å². The van der Waals surface area contributed by atoms with Crippen molar-refractivity contribution in [2.45, 2.75) is 26.0 Å². The van der Waals surface area contributed by atoms with Gasteiger partial charge >= 0.3 is 0 Å². The molecular formula is C8H14N2O2. The molecule has 0 aliphatic heterocycles. The maximum absolute atomic E-state index is 9.34. The predicted octanol–water partition coefficient (Wildman–Crippen LogP) is 0.535. The minimum absolute atomic E-state index is 0.542. The van der Waals surface area contributed by atoms with Crippen LogP contribution in [-0.2, 0) is 6.54 Å². The largest absolute Gasteiger partial charge is 0.389 e. The lowest BCUT2D eigenvalue weighted by Crippen LogP contribution is -2.34. The van der Waals surface area contributed by atoms with Crippen LogP contribution in [0.1, 0.15) is 19.5 Å². The van der Waals surface area contributed by atoms with Gasteiger partial charge in [-0.2, -0.15) is 0 Å². The van der Waals surface area contributed by atoms with E-state index in [0.717, 1.165) is 5.69 Å². The SMILES string of the molecule is CC(C)(O)CNCc1ccon1. The zero-order chi connectivity index (χ0) is 9.03. The first-order valence-electron chi connectivity index (χ1n) is 3.90. The van der Waals surface area contributed by atoms with Crippen molar-refractivity contribution in [1.82, 2.24) is 10.5 Å². The fourth-order valence-corrected chi connectivity index (χ4v) is 0.825.